The quantitative estimate of drug-likeness (QED) is 0.845. The molecule has 0 unspecified atom stereocenters. The smallest absolute Gasteiger partial charge is 0.336 e. The number of carbonyl (C=O) groups excluding carboxylic acids is 1. The Morgan fingerprint density at radius 3 is 2.85 bits per heavy atom. The highest BCUT2D eigenvalue weighted by Crippen LogP contribution is 2.40. The summed E-state index contributed by atoms with van der Waals surface area (Å²) in [5, 5.41) is 10.5. The van der Waals surface area contributed by atoms with Gasteiger partial charge in [-0.05, 0) is 48.9 Å². The first-order valence-electron chi connectivity index (χ1n) is 9.12. The monoisotopic (exact) mass is 357 g/mol. The van der Waals surface area contributed by atoms with Gasteiger partial charge in [-0.25, -0.2) is 4.79 Å². The van der Waals surface area contributed by atoms with Crippen LogP contribution in [0.2, 0.25) is 0 Å². The number of carbonyl (C=O) groups is 1. The summed E-state index contributed by atoms with van der Waals surface area (Å²) >= 11 is 0. The molecule has 1 aliphatic carbocycles. The Morgan fingerprint density at radius 2 is 2.15 bits per heavy atom. The molecule has 6 heteroatoms. The molecule has 2 aromatic rings. The molecule has 1 aromatic carbocycles. The number of likely N-dealkylation sites (tertiary alicyclic amines) is 1. The van der Waals surface area contributed by atoms with E-state index in [9.17, 15) is 14.7 Å². The molecule has 1 saturated carbocycles. The van der Waals surface area contributed by atoms with Crippen LogP contribution >= 0.6 is 0 Å². The van der Waals surface area contributed by atoms with Gasteiger partial charge in [-0.15, -0.1) is 0 Å². The molecule has 4 rings (SSSR count). The van der Waals surface area contributed by atoms with Gasteiger partial charge in [0.15, 0.2) is 6.61 Å². The fraction of sp³-hybridized carbons (Fsp3) is 0.500. The summed E-state index contributed by atoms with van der Waals surface area (Å²) in [6, 6.07) is 5.15. The van der Waals surface area contributed by atoms with Gasteiger partial charge < -0.3 is 19.2 Å². The van der Waals surface area contributed by atoms with Gasteiger partial charge >= 0.3 is 5.63 Å². The van der Waals surface area contributed by atoms with E-state index in [0.717, 1.165) is 22.9 Å². The molecule has 1 aromatic heterocycles. The maximum atomic E-state index is 12.5. The van der Waals surface area contributed by atoms with Crippen molar-refractivity contribution in [1.29, 1.82) is 0 Å². The fourth-order valence-corrected chi connectivity index (χ4v) is 4.17. The Kier molecular flexibility index (Phi) is 4.23. The molecular weight excluding hydrogens is 334 g/mol. The van der Waals surface area contributed by atoms with Gasteiger partial charge in [-0.3, -0.25) is 4.79 Å². The van der Waals surface area contributed by atoms with Crippen molar-refractivity contribution >= 4 is 16.9 Å². The Bertz CT molecular complexity index is 918. The number of nitrogens with zero attached hydrogens (tertiary/aromatic N) is 1. The number of rotatable bonds is 4. The van der Waals surface area contributed by atoms with Crippen LogP contribution in [0.15, 0.2) is 27.4 Å². The van der Waals surface area contributed by atoms with Crippen molar-refractivity contribution in [2.45, 2.75) is 32.8 Å². The van der Waals surface area contributed by atoms with Crippen LogP contribution in [-0.2, 0) is 11.2 Å². The van der Waals surface area contributed by atoms with E-state index in [1.165, 1.54) is 6.07 Å². The molecule has 0 bridgehead atoms. The van der Waals surface area contributed by atoms with Crippen LogP contribution in [0.1, 0.15) is 24.5 Å². The van der Waals surface area contributed by atoms with Crippen LogP contribution in [0, 0.1) is 18.8 Å². The lowest BCUT2D eigenvalue weighted by Gasteiger charge is -2.34. The summed E-state index contributed by atoms with van der Waals surface area (Å²) in [5.41, 5.74) is 1.85. The van der Waals surface area contributed by atoms with E-state index in [-0.39, 0.29) is 30.2 Å². The second-order valence-electron chi connectivity index (χ2n) is 7.39. The summed E-state index contributed by atoms with van der Waals surface area (Å²) in [6.45, 7) is 5.11. The summed E-state index contributed by atoms with van der Waals surface area (Å²) < 4.78 is 11.2. The molecule has 2 heterocycles. The van der Waals surface area contributed by atoms with Crippen LogP contribution in [-0.4, -0.2) is 41.7 Å². The van der Waals surface area contributed by atoms with Crippen molar-refractivity contribution in [3.05, 3.63) is 39.7 Å². The second kappa shape index (κ2) is 6.43. The average Bonchev–Trinajstić information content (AvgIpc) is 2.95. The van der Waals surface area contributed by atoms with E-state index in [0.29, 0.717) is 36.8 Å². The van der Waals surface area contributed by atoms with Crippen molar-refractivity contribution < 1.29 is 19.1 Å². The van der Waals surface area contributed by atoms with Crippen LogP contribution in [0.25, 0.3) is 11.0 Å². The molecule has 0 spiro atoms. The lowest BCUT2D eigenvalue weighted by atomic mass is 9.74. The number of hydrogen-bond acceptors (Lipinski definition) is 5. The number of amides is 1. The van der Waals surface area contributed by atoms with Gasteiger partial charge in [0, 0.05) is 25.1 Å². The number of fused-ring (bicyclic) bond motifs is 2. The van der Waals surface area contributed by atoms with E-state index >= 15 is 0 Å². The predicted octanol–water partition coefficient (Wildman–Crippen LogP) is 1.88. The van der Waals surface area contributed by atoms with E-state index in [4.69, 9.17) is 9.15 Å². The molecule has 6 nitrogen and oxygen atoms in total. The molecule has 138 valence electrons. The average molecular weight is 357 g/mol. The highest BCUT2D eigenvalue weighted by Gasteiger charge is 2.47. The van der Waals surface area contributed by atoms with Crippen molar-refractivity contribution in [3.63, 3.8) is 0 Å². The normalized spacial score (nSPS) is 24.4. The zero-order chi connectivity index (χ0) is 18.4. The number of aryl methyl sites for hydroxylation is 2. The lowest BCUT2D eigenvalue weighted by Crippen LogP contribution is -2.40. The first-order valence-corrected chi connectivity index (χ1v) is 9.12. The molecule has 26 heavy (non-hydrogen) atoms. The van der Waals surface area contributed by atoms with E-state index in [1.807, 2.05) is 26.0 Å². The Labute approximate surface area is 151 Å². The van der Waals surface area contributed by atoms with Crippen LogP contribution in [0.3, 0.4) is 0 Å². The number of benzene rings is 1. The van der Waals surface area contributed by atoms with Gasteiger partial charge in [0.1, 0.15) is 11.3 Å². The SMILES string of the molecule is CCc1cc(=O)oc2cc(C)cc(OCC(=O)N3C[C@@H]4C[C@@H](O)[C@@H]4C3)c12. The predicted molar refractivity (Wildman–Crippen MR) is 96.3 cm³/mol. The van der Waals surface area contributed by atoms with Crippen LogP contribution in [0.4, 0.5) is 0 Å². The van der Waals surface area contributed by atoms with Gasteiger partial charge in [-0.1, -0.05) is 6.92 Å². The molecule has 1 saturated heterocycles. The van der Waals surface area contributed by atoms with Crippen molar-refractivity contribution in [3.8, 4) is 5.75 Å². The molecular formula is C20H23NO5. The van der Waals surface area contributed by atoms with Gasteiger partial charge in [0.2, 0.25) is 0 Å². The maximum Gasteiger partial charge on any atom is 0.336 e. The first kappa shape index (κ1) is 17.1. The highest BCUT2D eigenvalue weighted by molar-refractivity contribution is 5.88. The minimum Gasteiger partial charge on any atom is -0.483 e. The minimum absolute atomic E-state index is 0.0592. The van der Waals surface area contributed by atoms with Gasteiger partial charge in [-0.2, -0.15) is 0 Å². The fourth-order valence-electron chi connectivity index (χ4n) is 4.17. The second-order valence-corrected chi connectivity index (χ2v) is 7.39. The summed E-state index contributed by atoms with van der Waals surface area (Å²) in [7, 11) is 0. The highest BCUT2D eigenvalue weighted by atomic mass is 16.5. The Hall–Kier alpha value is -2.34. The Balaban J connectivity index is 1.55. The molecule has 1 aliphatic heterocycles. The number of hydrogen-bond donors (Lipinski definition) is 1. The topological polar surface area (TPSA) is 80.0 Å². The van der Waals surface area contributed by atoms with E-state index < -0.39 is 0 Å². The maximum absolute atomic E-state index is 12.5. The van der Waals surface area contributed by atoms with Crippen molar-refractivity contribution in [2.24, 2.45) is 11.8 Å². The van der Waals surface area contributed by atoms with Gasteiger partial charge in [0.25, 0.3) is 5.91 Å². The zero-order valence-corrected chi connectivity index (χ0v) is 15.0. The molecule has 1 N–H and O–H groups in total. The summed E-state index contributed by atoms with van der Waals surface area (Å²) in [5.74, 6) is 1.14. The minimum atomic E-state index is -0.381. The molecule has 0 radical (unpaired) electrons. The lowest BCUT2D eigenvalue weighted by molar-refractivity contribution is -0.132. The first-order chi connectivity index (χ1) is 12.5. The number of aliphatic hydroxyl groups is 1. The zero-order valence-electron chi connectivity index (χ0n) is 15.0. The molecule has 1 amide bonds. The summed E-state index contributed by atoms with van der Waals surface area (Å²) in [6.07, 6.45) is 1.19. The Morgan fingerprint density at radius 1 is 1.35 bits per heavy atom. The van der Waals surface area contributed by atoms with Crippen LogP contribution in [0.5, 0.6) is 5.75 Å². The third-order valence-corrected chi connectivity index (χ3v) is 5.65. The molecule has 3 atom stereocenters. The molecule has 2 fully saturated rings. The van der Waals surface area contributed by atoms with Crippen molar-refractivity contribution in [1.82, 2.24) is 4.90 Å². The van der Waals surface area contributed by atoms with E-state index in [2.05, 4.69) is 0 Å². The van der Waals surface area contributed by atoms with E-state index in [1.54, 1.807) is 4.90 Å². The number of ether oxygens (including phenoxy) is 1. The third kappa shape index (κ3) is 2.88. The van der Waals surface area contributed by atoms with Crippen LogP contribution < -0.4 is 10.4 Å². The van der Waals surface area contributed by atoms with Crippen molar-refractivity contribution in [2.75, 3.05) is 19.7 Å². The molecule has 2 aliphatic rings. The van der Waals surface area contributed by atoms with Gasteiger partial charge in [0.05, 0.1) is 11.5 Å². The standard InChI is InChI=1S/C20H23NO5/c1-3-12-7-19(24)26-17-5-11(2)4-16(20(12)17)25-10-18(23)21-8-13-6-15(22)14(13)9-21/h4-5,7,13-15,22H,3,6,8-10H2,1-2H3/t13-,14+,15+/m0/s1. The number of aliphatic hydroxyl groups excluding tert-OH is 1. The largest absolute Gasteiger partial charge is 0.483 e. The third-order valence-electron chi connectivity index (χ3n) is 5.65. The summed E-state index contributed by atoms with van der Waals surface area (Å²) in [4.78, 5) is 26.0.